The lowest BCUT2D eigenvalue weighted by Gasteiger charge is -1.95. The van der Waals surface area contributed by atoms with Crippen LogP contribution in [0.1, 0.15) is 11.3 Å². The Morgan fingerprint density at radius 2 is 1.62 bits per heavy atom. The van der Waals surface area contributed by atoms with E-state index in [4.69, 9.17) is 0 Å². The summed E-state index contributed by atoms with van der Waals surface area (Å²) in [5.41, 5.74) is 5.39. The van der Waals surface area contributed by atoms with Crippen molar-refractivity contribution in [2.45, 2.75) is 0 Å². The first-order chi connectivity index (χ1) is 14.3. The second-order valence-electron chi connectivity index (χ2n) is 7.17. The van der Waals surface area contributed by atoms with Crippen molar-refractivity contribution < 1.29 is 5.11 Å². The Morgan fingerprint density at radius 3 is 2.52 bits per heavy atom. The van der Waals surface area contributed by atoms with E-state index in [-0.39, 0.29) is 5.88 Å². The van der Waals surface area contributed by atoms with Crippen LogP contribution in [0.5, 0.6) is 5.88 Å². The summed E-state index contributed by atoms with van der Waals surface area (Å²) in [6.07, 6.45) is 1.96. The largest absolute Gasteiger partial charge is 0.494 e. The standard InChI is InChI=1S/C24H16N4O/c29-24-18(16-6-2-4-8-20(16)26-24)11-14-9-10-17-21(12-14)27-28-23(17)22-13-15-5-1-3-7-19(15)25-22/h1-13,25-26,29H/b14-11+. The van der Waals surface area contributed by atoms with Gasteiger partial charge in [0.05, 0.1) is 11.4 Å². The number of para-hydroxylation sites is 2. The smallest absolute Gasteiger partial charge is 0.196 e. The average Bonchev–Trinajstić information content (AvgIpc) is 3.43. The molecule has 29 heavy (non-hydrogen) atoms. The van der Waals surface area contributed by atoms with Gasteiger partial charge in [-0.15, -0.1) is 10.2 Å². The van der Waals surface area contributed by atoms with Crippen molar-refractivity contribution in [1.82, 2.24) is 9.97 Å². The van der Waals surface area contributed by atoms with Crippen molar-refractivity contribution in [2.24, 2.45) is 10.2 Å². The Morgan fingerprint density at radius 1 is 0.793 bits per heavy atom. The third kappa shape index (κ3) is 2.48. The highest BCUT2D eigenvalue weighted by Crippen LogP contribution is 2.28. The van der Waals surface area contributed by atoms with Gasteiger partial charge in [0, 0.05) is 32.6 Å². The molecular weight excluding hydrogens is 360 g/mol. The molecule has 0 saturated carbocycles. The zero-order valence-corrected chi connectivity index (χ0v) is 15.3. The van der Waals surface area contributed by atoms with Gasteiger partial charge in [-0.25, -0.2) is 0 Å². The van der Waals surface area contributed by atoms with Crippen molar-refractivity contribution >= 4 is 39.3 Å². The Kier molecular flexibility index (Phi) is 3.25. The number of aromatic hydroxyl groups is 1. The number of rotatable bonds is 2. The normalized spacial score (nSPS) is 13.7. The highest BCUT2D eigenvalue weighted by molar-refractivity contribution is 5.91. The van der Waals surface area contributed by atoms with E-state index >= 15 is 0 Å². The SMILES string of the molecule is Oc1[nH]c2ccccc2c1/C=c1\ccc2c(c1)N=NC=2c1cc2ccccc2[nH]1. The monoisotopic (exact) mass is 376 g/mol. The summed E-state index contributed by atoms with van der Waals surface area (Å²) in [6.45, 7) is 0. The fraction of sp³-hybridized carbons (Fsp3) is 0. The third-order valence-corrected chi connectivity index (χ3v) is 5.36. The molecule has 138 valence electrons. The van der Waals surface area contributed by atoms with E-state index in [1.54, 1.807) is 0 Å². The zero-order chi connectivity index (χ0) is 19.4. The topological polar surface area (TPSA) is 76.5 Å². The lowest BCUT2D eigenvalue weighted by atomic mass is 10.1. The van der Waals surface area contributed by atoms with E-state index in [1.165, 1.54) is 0 Å². The molecular formula is C24H16N4O. The number of azo groups is 1. The number of hydrogen-bond donors (Lipinski definition) is 3. The van der Waals surface area contributed by atoms with E-state index in [2.05, 4.69) is 38.4 Å². The predicted molar refractivity (Wildman–Crippen MR) is 115 cm³/mol. The minimum Gasteiger partial charge on any atom is -0.494 e. The summed E-state index contributed by atoms with van der Waals surface area (Å²) in [5, 5.41) is 23.2. The quantitative estimate of drug-likeness (QED) is 0.419. The van der Waals surface area contributed by atoms with Crippen molar-refractivity contribution in [3.63, 3.8) is 0 Å². The second kappa shape index (κ2) is 5.94. The van der Waals surface area contributed by atoms with Gasteiger partial charge in [-0.3, -0.25) is 0 Å². The molecule has 3 N–H and O–H groups in total. The van der Waals surface area contributed by atoms with Gasteiger partial charge < -0.3 is 15.1 Å². The van der Waals surface area contributed by atoms with Crippen LogP contribution in [0, 0.1) is 0 Å². The molecule has 0 fully saturated rings. The Balaban J connectivity index is 1.50. The summed E-state index contributed by atoms with van der Waals surface area (Å²) in [4.78, 5) is 6.44. The number of hydrogen-bond acceptors (Lipinski definition) is 3. The van der Waals surface area contributed by atoms with Crippen molar-refractivity contribution in [2.75, 3.05) is 0 Å². The van der Waals surface area contributed by atoms with Crippen LogP contribution in [-0.4, -0.2) is 15.1 Å². The second-order valence-corrected chi connectivity index (χ2v) is 7.17. The summed E-state index contributed by atoms with van der Waals surface area (Å²) in [6, 6.07) is 24.2. The number of nitrogens with one attached hydrogen (secondary N) is 2. The van der Waals surface area contributed by atoms with Crippen LogP contribution in [0.25, 0.3) is 33.6 Å². The summed E-state index contributed by atoms with van der Waals surface area (Å²) >= 11 is 0. The molecule has 0 aliphatic carbocycles. The fourth-order valence-corrected chi connectivity index (χ4v) is 3.94. The van der Waals surface area contributed by atoms with Crippen molar-refractivity contribution in [1.29, 1.82) is 0 Å². The van der Waals surface area contributed by atoms with E-state index in [9.17, 15) is 5.11 Å². The summed E-state index contributed by atoms with van der Waals surface area (Å²) in [7, 11) is 0. The van der Waals surface area contributed by atoms with E-state index in [0.29, 0.717) is 0 Å². The molecule has 2 aromatic heterocycles. The summed E-state index contributed by atoms with van der Waals surface area (Å²) < 4.78 is 0. The van der Waals surface area contributed by atoms with Gasteiger partial charge in [0.1, 0.15) is 5.70 Å². The average molecular weight is 376 g/mol. The van der Waals surface area contributed by atoms with Gasteiger partial charge in [-0.1, -0.05) is 42.5 Å². The van der Waals surface area contributed by atoms with E-state index in [0.717, 1.165) is 54.9 Å². The molecule has 0 atom stereocenters. The van der Waals surface area contributed by atoms with Gasteiger partial charge >= 0.3 is 0 Å². The van der Waals surface area contributed by atoms with Crippen LogP contribution in [0.15, 0.2) is 83.0 Å². The number of nitrogens with zero attached hydrogens (tertiary/aromatic N) is 2. The number of fused-ring (bicyclic) bond motifs is 3. The molecule has 3 heterocycles. The molecule has 0 amide bonds. The molecule has 0 spiro atoms. The van der Waals surface area contributed by atoms with Gasteiger partial charge in [0.2, 0.25) is 0 Å². The first kappa shape index (κ1) is 15.9. The molecule has 5 heteroatoms. The molecule has 0 unspecified atom stereocenters. The molecule has 1 aliphatic heterocycles. The molecule has 5 aromatic rings. The summed E-state index contributed by atoms with van der Waals surface area (Å²) in [5.74, 6) is 0.165. The first-order valence-electron chi connectivity index (χ1n) is 9.42. The number of H-pyrrole nitrogens is 2. The lowest BCUT2D eigenvalue weighted by molar-refractivity contribution is 0.457. The van der Waals surface area contributed by atoms with Crippen LogP contribution < -0.4 is 10.4 Å². The van der Waals surface area contributed by atoms with E-state index in [1.807, 2.05) is 60.7 Å². The molecule has 0 radical (unpaired) electrons. The zero-order valence-electron chi connectivity index (χ0n) is 15.3. The van der Waals surface area contributed by atoms with Crippen molar-refractivity contribution in [3.05, 3.63) is 94.5 Å². The van der Waals surface area contributed by atoms with Gasteiger partial charge in [-0.2, -0.15) is 0 Å². The van der Waals surface area contributed by atoms with Crippen LogP contribution in [0.3, 0.4) is 0 Å². The van der Waals surface area contributed by atoms with Crippen LogP contribution in [-0.2, 0) is 0 Å². The third-order valence-electron chi connectivity index (χ3n) is 5.36. The molecule has 0 saturated heterocycles. The maximum Gasteiger partial charge on any atom is 0.196 e. The Bertz CT molecular complexity index is 1540. The minimum absolute atomic E-state index is 0.165. The van der Waals surface area contributed by atoms with Crippen LogP contribution >= 0.6 is 0 Å². The Labute approximate surface area is 165 Å². The van der Waals surface area contributed by atoms with Crippen molar-refractivity contribution in [3.8, 4) is 5.88 Å². The number of aromatic nitrogens is 2. The van der Waals surface area contributed by atoms with E-state index < -0.39 is 0 Å². The number of aromatic amines is 2. The lowest BCUT2D eigenvalue weighted by Crippen LogP contribution is -2.09. The molecule has 3 aromatic carbocycles. The van der Waals surface area contributed by atoms with Gasteiger partial charge in [0.25, 0.3) is 0 Å². The maximum absolute atomic E-state index is 10.3. The molecule has 6 rings (SSSR count). The fourth-order valence-electron chi connectivity index (χ4n) is 3.94. The van der Waals surface area contributed by atoms with Gasteiger partial charge in [-0.05, 0) is 41.6 Å². The molecule has 5 nitrogen and oxygen atoms in total. The minimum atomic E-state index is 0.165. The predicted octanol–water partition coefficient (Wildman–Crippen LogP) is 4.44. The number of benzene rings is 3. The van der Waals surface area contributed by atoms with Crippen LogP contribution in [0.4, 0.5) is 5.69 Å². The first-order valence-corrected chi connectivity index (χ1v) is 9.42. The molecule has 1 aliphatic rings. The molecule has 0 bridgehead atoms. The highest BCUT2D eigenvalue weighted by atomic mass is 16.3. The maximum atomic E-state index is 10.3. The Hall–Kier alpha value is -4.12. The highest BCUT2D eigenvalue weighted by Gasteiger charge is 2.14. The van der Waals surface area contributed by atoms with Gasteiger partial charge in [0.15, 0.2) is 5.88 Å². The van der Waals surface area contributed by atoms with Crippen LogP contribution in [0.2, 0.25) is 0 Å².